The van der Waals surface area contributed by atoms with Gasteiger partial charge in [-0.25, -0.2) is 0 Å². The molecule has 214 valence electrons. The van der Waals surface area contributed by atoms with E-state index in [0.717, 1.165) is 72.3 Å². The van der Waals surface area contributed by atoms with Crippen LogP contribution in [0.25, 0.3) is 54.6 Å². The molecule has 0 amide bonds. The van der Waals surface area contributed by atoms with E-state index in [2.05, 4.69) is 156 Å². The average molecular weight is 581 g/mol. The third-order valence-corrected chi connectivity index (χ3v) is 8.83. The number of furan rings is 2. The Morgan fingerprint density at radius 1 is 0.422 bits per heavy atom. The minimum Gasteiger partial charge on any atom is -0.456 e. The average Bonchev–Trinajstić information content (AvgIpc) is 3.67. The van der Waals surface area contributed by atoms with Crippen LogP contribution in [0, 0.1) is 0 Å². The quantitative estimate of drug-likeness (QED) is 0.203. The van der Waals surface area contributed by atoms with Crippen LogP contribution in [-0.2, 0) is 0 Å². The molecule has 9 rings (SSSR count). The Hall–Kier alpha value is -6.00. The molecule has 0 bridgehead atoms. The molecule has 7 aromatic carbocycles. The zero-order chi connectivity index (χ0) is 29.9. The summed E-state index contributed by atoms with van der Waals surface area (Å²) in [5.74, 6) is 0. The predicted molar refractivity (Wildman–Crippen MR) is 188 cm³/mol. The van der Waals surface area contributed by atoms with Gasteiger partial charge in [0.25, 0.3) is 0 Å². The van der Waals surface area contributed by atoms with Gasteiger partial charge in [0, 0.05) is 46.0 Å². The lowest BCUT2D eigenvalue weighted by atomic mass is 10.0. The summed E-state index contributed by atoms with van der Waals surface area (Å²) >= 11 is 0. The second-order valence-corrected chi connectivity index (χ2v) is 11.4. The molecule has 0 fully saturated rings. The van der Waals surface area contributed by atoms with Gasteiger partial charge < -0.3 is 18.6 Å². The molecule has 0 aliphatic rings. The number of para-hydroxylation sites is 4. The molecule has 0 saturated carbocycles. The van der Waals surface area contributed by atoms with E-state index in [1.807, 2.05) is 12.1 Å². The van der Waals surface area contributed by atoms with E-state index in [4.69, 9.17) is 8.83 Å². The summed E-state index contributed by atoms with van der Waals surface area (Å²) < 4.78 is 13.1. The van der Waals surface area contributed by atoms with Crippen LogP contribution in [-0.4, -0.2) is 7.05 Å². The summed E-state index contributed by atoms with van der Waals surface area (Å²) in [6, 6.07) is 52.9. The van der Waals surface area contributed by atoms with Crippen LogP contribution in [0.2, 0.25) is 0 Å². The molecular weight excluding hydrogens is 552 g/mol. The monoisotopic (exact) mass is 580 g/mol. The normalized spacial score (nSPS) is 11.7. The second kappa shape index (κ2) is 10.0. The number of hydrogen-bond donors (Lipinski definition) is 0. The zero-order valence-electron chi connectivity index (χ0n) is 24.6. The molecule has 0 saturated heterocycles. The van der Waals surface area contributed by atoms with Crippen molar-refractivity contribution in [2.24, 2.45) is 0 Å². The third-order valence-electron chi connectivity index (χ3n) is 8.83. The lowest BCUT2D eigenvalue weighted by Gasteiger charge is -2.31. The Balaban J connectivity index is 1.37. The fraction of sp³-hybridized carbons (Fsp3) is 0.0244. The summed E-state index contributed by atoms with van der Waals surface area (Å²) in [4.78, 5) is 4.55. The van der Waals surface area contributed by atoms with Gasteiger partial charge in [0.05, 0.1) is 17.1 Å². The molecule has 4 nitrogen and oxygen atoms in total. The number of rotatable bonds is 5. The molecule has 0 spiro atoms. The summed E-state index contributed by atoms with van der Waals surface area (Å²) in [7, 11) is 2.11. The molecule has 9 aromatic rings. The minimum atomic E-state index is 0.838. The molecule has 2 heterocycles. The first-order valence-electron chi connectivity index (χ1n) is 15.2. The maximum atomic E-state index is 6.60. The van der Waals surface area contributed by atoms with E-state index >= 15 is 0 Å². The van der Waals surface area contributed by atoms with Crippen LogP contribution in [0.5, 0.6) is 0 Å². The van der Waals surface area contributed by atoms with Crippen molar-refractivity contribution in [2.45, 2.75) is 0 Å². The van der Waals surface area contributed by atoms with Crippen LogP contribution in [0.15, 0.2) is 160 Å². The van der Waals surface area contributed by atoms with E-state index in [1.165, 1.54) is 10.8 Å². The summed E-state index contributed by atoms with van der Waals surface area (Å²) in [5, 5.41) is 6.77. The fourth-order valence-electron chi connectivity index (χ4n) is 6.73. The van der Waals surface area contributed by atoms with Crippen LogP contribution >= 0.6 is 0 Å². The minimum absolute atomic E-state index is 0.838. The number of nitrogens with zero attached hydrogens (tertiary/aromatic N) is 2. The largest absolute Gasteiger partial charge is 0.456 e. The van der Waals surface area contributed by atoms with Crippen molar-refractivity contribution in [3.8, 4) is 0 Å². The van der Waals surface area contributed by atoms with Crippen molar-refractivity contribution in [3.63, 3.8) is 0 Å². The van der Waals surface area contributed by atoms with Gasteiger partial charge in [0.15, 0.2) is 5.58 Å². The third kappa shape index (κ3) is 4.00. The molecule has 0 aliphatic heterocycles. The van der Waals surface area contributed by atoms with Crippen LogP contribution in [0.4, 0.5) is 28.4 Å². The maximum absolute atomic E-state index is 6.60. The van der Waals surface area contributed by atoms with Crippen LogP contribution in [0.1, 0.15) is 0 Å². The van der Waals surface area contributed by atoms with Gasteiger partial charge in [0.1, 0.15) is 16.7 Å². The topological polar surface area (TPSA) is 32.8 Å². The number of fused-ring (bicyclic) bond motifs is 8. The number of anilines is 5. The van der Waals surface area contributed by atoms with Crippen molar-refractivity contribution in [1.82, 2.24) is 0 Å². The van der Waals surface area contributed by atoms with Crippen molar-refractivity contribution in [2.75, 3.05) is 16.8 Å². The molecule has 0 radical (unpaired) electrons. The number of hydrogen-bond acceptors (Lipinski definition) is 4. The fourth-order valence-corrected chi connectivity index (χ4v) is 6.73. The molecule has 0 unspecified atom stereocenters. The van der Waals surface area contributed by atoms with Crippen molar-refractivity contribution in [3.05, 3.63) is 152 Å². The Morgan fingerprint density at radius 2 is 1.09 bits per heavy atom. The van der Waals surface area contributed by atoms with E-state index in [9.17, 15) is 0 Å². The van der Waals surface area contributed by atoms with Gasteiger partial charge in [-0.1, -0.05) is 97.1 Å². The first kappa shape index (κ1) is 25.5. The zero-order valence-corrected chi connectivity index (χ0v) is 24.6. The summed E-state index contributed by atoms with van der Waals surface area (Å²) in [5.41, 5.74) is 8.58. The highest BCUT2D eigenvalue weighted by atomic mass is 16.3. The smallest absolute Gasteiger partial charge is 0.159 e. The number of benzene rings is 7. The van der Waals surface area contributed by atoms with E-state index in [1.54, 1.807) is 0 Å². The lowest BCUT2D eigenvalue weighted by molar-refractivity contribution is 0.667. The SMILES string of the molecule is CN(c1cc2oc3ccc4ccccc4c3c2cc1N(c1ccccc1)c1ccccc1)c1cccc2c1oc1ccccc12. The summed E-state index contributed by atoms with van der Waals surface area (Å²) in [6.45, 7) is 0. The van der Waals surface area contributed by atoms with Crippen LogP contribution in [0.3, 0.4) is 0 Å². The molecule has 4 heteroatoms. The first-order chi connectivity index (χ1) is 22.2. The Labute approximate surface area is 259 Å². The molecule has 45 heavy (non-hydrogen) atoms. The van der Waals surface area contributed by atoms with Gasteiger partial charge in [0.2, 0.25) is 0 Å². The Bertz CT molecular complexity index is 2470. The molecule has 0 N–H and O–H groups in total. The van der Waals surface area contributed by atoms with E-state index in [0.29, 0.717) is 0 Å². The predicted octanol–water partition coefficient (Wildman–Crippen LogP) is 11.9. The lowest BCUT2D eigenvalue weighted by Crippen LogP contribution is -2.17. The van der Waals surface area contributed by atoms with Crippen molar-refractivity contribution in [1.29, 1.82) is 0 Å². The Morgan fingerprint density at radius 3 is 1.87 bits per heavy atom. The van der Waals surface area contributed by atoms with Gasteiger partial charge in [-0.05, 0) is 59.3 Å². The van der Waals surface area contributed by atoms with E-state index in [-0.39, 0.29) is 0 Å². The summed E-state index contributed by atoms with van der Waals surface area (Å²) in [6.07, 6.45) is 0. The highest BCUT2D eigenvalue weighted by Gasteiger charge is 2.24. The highest BCUT2D eigenvalue weighted by molar-refractivity contribution is 6.20. The van der Waals surface area contributed by atoms with E-state index < -0.39 is 0 Å². The maximum Gasteiger partial charge on any atom is 0.159 e. The molecular formula is C41H28N2O2. The molecule has 0 aliphatic carbocycles. The highest BCUT2D eigenvalue weighted by Crippen LogP contribution is 2.48. The first-order valence-corrected chi connectivity index (χ1v) is 15.2. The second-order valence-electron chi connectivity index (χ2n) is 11.4. The van der Waals surface area contributed by atoms with Gasteiger partial charge >= 0.3 is 0 Å². The van der Waals surface area contributed by atoms with Crippen LogP contribution < -0.4 is 9.80 Å². The van der Waals surface area contributed by atoms with Gasteiger partial charge in [-0.3, -0.25) is 0 Å². The molecule has 2 aromatic heterocycles. The Kier molecular flexibility index (Phi) is 5.69. The van der Waals surface area contributed by atoms with Gasteiger partial charge in [-0.15, -0.1) is 0 Å². The molecule has 0 atom stereocenters. The van der Waals surface area contributed by atoms with Crippen molar-refractivity contribution < 1.29 is 8.83 Å². The van der Waals surface area contributed by atoms with Crippen molar-refractivity contribution >= 4 is 83.1 Å². The van der Waals surface area contributed by atoms with Gasteiger partial charge in [-0.2, -0.15) is 0 Å². The standard InChI is InChI=1S/C41H28N2O2/c1-42(34-21-12-20-32-31-19-10-11-22-37(31)45-41(32)34)35-26-39-33(40-30-18-9-8-13-27(30)23-24-38(40)44-39)25-36(35)43(28-14-4-2-5-15-28)29-16-6-3-7-17-29/h2-26H,1H3.